The van der Waals surface area contributed by atoms with Gasteiger partial charge in [-0.25, -0.2) is 0 Å². The number of ketones is 1. The van der Waals surface area contributed by atoms with Crippen molar-refractivity contribution < 1.29 is 17.4 Å². The maximum absolute atomic E-state index is 12.2. The molecule has 20 heavy (non-hydrogen) atoms. The second-order valence-electron chi connectivity index (χ2n) is 5.22. The first-order valence-electron chi connectivity index (χ1n) is 7.02. The summed E-state index contributed by atoms with van der Waals surface area (Å²) in [5.74, 6) is -0.301. The molecule has 0 spiro atoms. The van der Waals surface area contributed by atoms with E-state index < -0.39 is 21.5 Å². The van der Waals surface area contributed by atoms with E-state index in [2.05, 4.69) is 0 Å². The van der Waals surface area contributed by atoms with Crippen molar-refractivity contribution in [3.8, 4) is 0 Å². The van der Waals surface area contributed by atoms with E-state index in [4.69, 9.17) is 4.18 Å². The van der Waals surface area contributed by atoms with Gasteiger partial charge >= 0.3 is 0 Å². The van der Waals surface area contributed by atoms with Crippen LogP contribution >= 0.6 is 0 Å². The van der Waals surface area contributed by atoms with Crippen LogP contribution in [0.2, 0.25) is 0 Å². The molecule has 0 bridgehead atoms. The van der Waals surface area contributed by atoms with E-state index in [0.717, 1.165) is 19.3 Å². The molecule has 0 amide bonds. The summed E-state index contributed by atoms with van der Waals surface area (Å²) in [5.41, 5.74) is 0.471. The van der Waals surface area contributed by atoms with Crippen LogP contribution in [0, 0.1) is 0 Å². The van der Waals surface area contributed by atoms with Gasteiger partial charge in [0, 0.05) is 5.56 Å². The summed E-state index contributed by atoms with van der Waals surface area (Å²) < 4.78 is 29.4. The summed E-state index contributed by atoms with van der Waals surface area (Å²) in [4.78, 5) is 12.1. The minimum Gasteiger partial charge on any atom is -0.291 e. The van der Waals surface area contributed by atoms with Crippen molar-refractivity contribution in [1.29, 1.82) is 0 Å². The lowest BCUT2D eigenvalue weighted by Gasteiger charge is -2.22. The van der Waals surface area contributed by atoms with E-state index >= 15 is 0 Å². The Morgan fingerprint density at radius 2 is 1.75 bits per heavy atom. The average Bonchev–Trinajstić information content (AvgIpc) is 2.48. The van der Waals surface area contributed by atoms with Gasteiger partial charge in [-0.2, -0.15) is 8.42 Å². The third-order valence-electron chi connectivity index (χ3n) is 3.67. The van der Waals surface area contributed by atoms with E-state index in [-0.39, 0.29) is 5.78 Å². The van der Waals surface area contributed by atoms with Gasteiger partial charge in [-0.05, 0) is 19.8 Å². The predicted octanol–water partition coefficient (Wildman–Crippen LogP) is 2.94. The molecule has 1 atom stereocenters. The summed E-state index contributed by atoms with van der Waals surface area (Å²) in [6.07, 6.45) is 3.19. The molecule has 2 rings (SSSR count). The largest absolute Gasteiger partial charge is 0.291 e. The minimum absolute atomic E-state index is 0.301. The molecule has 0 aromatic heterocycles. The topological polar surface area (TPSA) is 60.4 Å². The normalized spacial score (nSPS) is 18.6. The molecule has 1 unspecified atom stereocenters. The maximum Gasteiger partial charge on any atom is 0.270 e. The SMILES string of the molecule is CC(OS(=O)(=O)C1CCCCC1)C(=O)c1ccccc1. The summed E-state index contributed by atoms with van der Waals surface area (Å²) in [7, 11) is -3.66. The van der Waals surface area contributed by atoms with Crippen LogP contribution in [0.15, 0.2) is 30.3 Å². The second-order valence-corrected chi connectivity index (χ2v) is 7.07. The molecule has 4 nitrogen and oxygen atoms in total. The third-order valence-corrected chi connectivity index (χ3v) is 5.51. The summed E-state index contributed by atoms with van der Waals surface area (Å²) in [6, 6.07) is 8.62. The molecular weight excluding hydrogens is 276 g/mol. The van der Waals surface area contributed by atoms with Crippen molar-refractivity contribution in [1.82, 2.24) is 0 Å². The number of rotatable bonds is 5. The molecule has 0 saturated heterocycles. The molecule has 1 aromatic rings. The maximum atomic E-state index is 12.2. The van der Waals surface area contributed by atoms with E-state index in [1.54, 1.807) is 30.3 Å². The minimum atomic E-state index is -3.66. The molecule has 1 fully saturated rings. The Balaban J connectivity index is 2.03. The van der Waals surface area contributed by atoms with Gasteiger partial charge in [0.2, 0.25) is 0 Å². The Kier molecular flexibility index (Phi) is 4.94. The zero-order valence-electron chi connectivity index (χ0n) is 11.6. The van der Waals surface area contributed by atoms with Crippen molar-refractivity contribution in [2.75, 3.05) is 0 Å². The van der Waals surface area contributed by atoms with E-state index in [9.17, 15) is 13.2 Å². The molecular formula is C15H20O4S. The van der Waals surface area contributed by atoms with Crippen LogP contribution in [0.25, 0.3) is 0 Å². The Morgan fingerprint density at radius 3 is 2.35 bits per heavy atom. The van der Waals surface area contributed by atoms with E-state index in [1.165, 1.54) is 6.92 Å². The third kappa shape index (κ3) is 3.67. The highest BCUT2D eigenvalue weighted by Crippen LogP contribution is 2.25. The predicted molar refractivity (Wildman–Crippen MR) is 77.1 cm³/mol. The van der Waals surface area contributed by atoms with E-state index in [1.807, 2.05) is 0 Å². The van der Waals surface area contributed by atoms with Crippen molar-refractivity contribution in [3.63, 3.8) is 0 Å². The van der Waals surface area contributed by atoms with Gasteiger partial charge in [0.05, 0.1) is 5.25 Å². The summed E-state index contributed by atoms with van der Waals surface area (Å²) in [5, 5.41) is -0.456. The fourth-order valence-corrected chi connectivity index (χ4v) is 4.07. The van der Waals surface area contributed by atoms with Gasteiger partial charge < -0.3 is 0 Å². The molecule has 0 heterocycles. The van der Waals surface area contributed by atoms with Crippen LogP contribution in [0.4, 0.5) is 0 Å². The average molecular weight is 296 g/mol. The molecule has 1 aromatic carbocycles. The van der Waals surface area contributed by atoms with Gasteiger partial charge in [0.25, 0.3) is 10.1 Å². The van der Waals surface area contributed by atoms with Crippen LogP contribution in [0.5, 0.6) is 0 Å². The number of Topliss-reactive ketones (excluding diaryl/α,β-unsaturated/α-hetero) is 1. The van der Waals surface area contributed by atoms with Gasteiger partial charge in [-0.15, -0.1) is 0 Å². The van der Waals surface area contributed by atoms with Gasteiger partial charge in [0.1, 0.15) is 6.10 Å². The first-order chi connectivity index (χ1) is 9.50. The highest BCUT2D eigenvalue weighted by atomic mass is 32.2. The second kappa shape index (κ2) is 6.50. The fourth-order valence-electron chi connectivity index (χ4n) is 2.51. The highest BCUT2D eigenvalue weighted by Gasteiger charge is 2.31. The number of hydrogen-bond donors (Lipinski definition) is 0. The summed E-state index contributed by atoms with van der Waals surface area (Å²) >= 11 is 0. The Morgan fingerprint density at radius 1 is 1.15 bits per heavy atom. The van der Waals surface area contributed by atoms with Crippen LogP contribution in [0.1, 0.15) is 49.4 Å². The number of benzene rings is 1. The Hall–Kier alpha value is -1.20. The zero-order valence-corrected chi connectivity index (χ0v) is 12.4. The van der Waals surface area contributed by atoms with E-state index in [0.29, 0.717) is 18.4 Å². The molecule has 0 aliphatic heterocycles. The molecule has 1 aliphatic carbocycles. The molecule has 5 heteroatoms. The van der Waals surface area contributed by atoms with Crippen molar-refractivity contribution in [2.24, 2.45) is 0 Å². The quantitative estimate of drug-likeness (QED) is 0.619. The number of hydrogen-bond acceptors (Lipinski definition) is 4. The molecule has 0 radical (unpaired) electrons. The van der Waals surface area contributed by atoms with Crippen LogP contribution in [-0.4, -0.2) is 25.6 Å². The number of carbonyl (C=O) groups is 1. The van der Waals surface area contributed by atoms with Gasteiger partial charge in [0.15, 0.2) is 5.78 Å². The molecule has 0 N–H and O–H groups in total. The summed E-state index contributed by atoms with van der Waals surface area (Å²) in [6.45, 7) is 1.50. The smallest absolute Gasteiger partial charge is 0.270 e. The lowest BCUT2D eigenvalue weighted by Crippen LogP contribution is -2.32. The first kappa shape index (κ1) is 15.2. The Labute approximate surface area is 120 Å². The fraction of sp³-hybridized carbons (Fsp3) is 0.533. The molecule has 110 valence electrons. The monoisotopic (exact) mass is 296 g/mol. The van der Waals surface area contributed by atoms with Gasteiger partial charge in [-0.1, -0.05) is 49.6 Å². The Bertz CT molecular complexity index is 544. The molecule has 1 saturated carbocycles. The zero-order chi connectivity index (χ0) is 14.6. The van der Waals surface area contributed by atoms with Crippen LogP contribution < -0.4 is 0 Å². The lowest BCUT2D eigenvalue weighted by atomic mass is 10.0. The highest BCUT2D eigenvalue weighted by molar-refractivity contribution is 7.87. The standard InChI is InChI=1S/C15H20O4S/c1-12(15(16)13-8-4-2-5-9-13)19-20(17,18)14-10-6-3-7-11-14/h2,4-5,8-9,12,14H,3,6-7,10-11H2,1H3. The van der Waals surface area contributed by atoms with Crippen LogP contribution in [0.3, 0.4) is 0 Å². The first-order valence-corrected chi connectivity index (χ1v) is 8.49. The van der Waals surface area contributed by atoms with Crippen LogP contribution in [-0.2, 0) is 14.3 Å². The van der Waals surface area contributed by atoms with Crippen molar-refractivity contribution in [2.45, 2.75) is 50.4 Å². The van der Waals surface area contributed by atoms with Crippen molar-refractivity contribution in [3.05, 3.63) is 35.9 Å². The molecule has 1 aliphatic rings. The lowest BCUT2D eigenvalue weighted by molar-refractivity contribution is 0.0822. The number of carbonyl (C=O) groups excluding carboxylic acids is 1. The van der Waals surface area contributed by atoms with Gasteiger partial charge in [-0.3, -0.25) is 8.98 Å². The van der Waals surface area contributed by atoms with Crippen molar-refractivity contribution >= 4 is 15.9 Å².